The topological polar surface area (TPSA) is 50.8 Å². The van der Waals surface area contributed by atoms with Crippen molar-refractivity contribution in [2.75, 3.05) is 45.9 Å². The number of nitrogens with zero attached hydrogens (tertiary/aromatic N) is 1. The minimum Gasteiger partial charge on any atom is -0.461 e. The first-order chi connectivity index (χ1) is 7.68. The first-order valence-electron chi connectivity index (χ1n) is 5.89. The molecule has 5 nitrogen and oxygen atoms in total. The molecule has 1 aliphatic rings. The highest BCUT2D eigenvalue weighted by Gasteiger charge is 2.09. The van der Waals surface area contributed by atoms with Gasteiger partial charge in [0.1, 0.15) is 6.61 Å². The van der Waals surface area contributed by atoms with E-state index in [-0.39, 0.29) is 18.7 Å². The summed E-state index contributed by atoms with van der Waals surface area (Å²) in [6.45, 7) is 9.38. The molecule has 1 fully saturated rings. The van der Waals surface area contributed by atoms with Crippen molar-refractivity contribution in [1.29, 1.82) is 0 Å². The third-order valence-electron chi connectivity index (χ3n) is 2.35. The fourth-order valence-electron chi connectivity index (χ4n) is 1.58. The zero-order chi connectivity index (χ0) is 11.8. The fourth-order valence-corrected chi connectivity index (χ4v) is 1.58. The highest BCUT2D eigenvalue weighted by atomic mass is 16.6. The molecular weight excluding hydrogens is 208 g/mol. The molecular formula is C11H22N2O3. The van der Waals surface area contributed by atoms with Crippen LogP contribution in [-0.4, -0.2) is 62.9 Å². The van der Waals surface area contributed by atoms with E-state index in [2.05, 4.69) is 10.2 Å². The Balaban J connectivity index is 1.96. The van der Waals surface area contributed by atoms with E-state index in [9.17, 15) is 4.79 Å². The molecule has 0 saturated carbocycles. The molecule has 5 heteroatoms. The van der Waals surface area contributed by atoms with Crippen LogP contribution < -0.4 is 5.32 Å². The van der Waals surface area contributed by atoms with Gasteiger partial charge in [0.25, 0.3) is 0 Å². The first-order valence-corrected chi connectivity index (χ1v) is 5.89. The molecule has 0 atom stereocenters. The third-order valence-corrected chi connectivity index (χ3v) is 2.35. The van der Waals surface area contributed by atoms with Crippen molar-refractivity contribution >= 4 is 5.97 Å². The van der Waals surface area contributed by atoms with E-state index in [1.54, 1.807) is 0 Å². The summed E-state index contributed by atoms with van der Waals surface area (Å²) < 4.78 is 10.2. The van der Waals surface area contributed by atoms with Crippen LogP contribution in [0.15, 0.2) is 0 Å². The van der Waals surface area contributed by atoms with Crippen LogP contribution in [0.3, 0.4) is 0 Å². The molecule has 1 heterocycles. The molecule has 1 N–H and O–H groups in total. The van der Waals surface area contributed by atoms with Crippen molar-refractivity contribution in [3.63, 3.8) is 0 Å². The average molecular weight is 230 g/mol. The van der Waals surface area contributed by atoms with E-state index in [1.807, 2.05) is 13.8 Å². The number of hydrogen-bond acceptors (Lipinski definition) is 5. The van der Waals surface area contributed by atoms with Gasteiger partial charge in [0.2, 0.25) is 0 Å². The number of carbonyl (C=O) groups excluding carboxylic acids is 1. The fraction of sp³-hybridized carbons (Fsp3) is 0.909. The Labute approximate surface area is 97.1 Å². The highest BCUT2D eigenvalue weighted by Crippen LogP contribution is 1.93. The van der Waals surface area contributed by atoms with Crippen molar-refractivity contribution < 1.29 is 14.3 Å². The highest BCUT2D eigenvalue weighted by molar-refractivity contribution is 5.70. The van der Waals surface area contributed by atoms with Crippen LogP contribution in [0.25, 0.3) is 0 Å². The van der Waals surface area contributed by atoms with Gasteiger partial charge in [-0.05, 0) is 13.8 Å². The predicted octanol–water partition coefficient (Wildman–Crippen LogP) is -0.140. The SMILES string of the molecule is CC(C)OC(=O)COCCN1CCNCC1. The lowest BCUT2D eigenvalue weighted by atomic mass is 10.4. The Morgan fingerprint density at radius 2 is 2.06 bits per heavy atom. The molecule has 0 spiro atoms. The zero-order valence-corrected chi connectivity index (χ0v) is 10.2. The third kappa shape index (κ3) is 6.05. The summed E-state index contributed by atoms with van der Waals surface area (Å²) in [5.74, 6) is -0.282. The van der Waals surface area contributed by atoms with Crippen LogP contribution in [0.2, 0.25) is 0 Å². The number of rotatable bonds is 6. The molecule has 1 aliphatic heterocycles. The maximum absolute atomic E-state index is 11.1. The van der Waals surface area contributed by atoms with Gasteiger partial charge in [0.05, 0.1) is 12.7 Å². The van der Waals surface area contributed by atoms with Gasteiger partial charge in [0, 0.05) is 32.7 Å². The zero-order valence-electron chi connectivity index (χ0n) is 10.2. The lowest BCUT2D eigenvalue weighted by Crippen LogP contribution is -2.44. The van der Waals surface area contributed by atoms with Gasteiger partial charge < -0.3 is 14.8 Å². The molecule has 1 rings (SSSR count). The summed E-state index contributed by atoms with van der Waals surface area (Å²) >= 11 is 0. The lowest BCUT2D eigenvalue weighted by molar-refractivity contribution is -0.152. The number of ether oxygens (including phenoxy) is 2. The Bertz CT molecular complexity index is 203. The summed E-state index contributed by atoms with van der Waals surface area (Å²) in [6.07, 6.45) is -0.0655. The second-order valence-electron chi connectivity index (χ2n) is 4.18. The predicted molar refractivity (Wildman–Crippen MR) is 61.4 cm³/mol. The normalized spacial score (nSPS) is 17.7. The minimum atomic E-state index is -0.282. The van der Waals surface area contributed by atoms with E-state index in [4.69, 9.17) is 9.47 Å². The van der Waals surface area contributed by atoms with Gasteiger partial charge in [-0.15, -0.1) is 0 Å². The number of carbonyl (C=O) groups is 1. The Kier molecular flexibility index (Phi) is 6.37. The maximum Gasteiger partial charge on any atom is 0.332 e. The molecule has 0 amide bonds. The van der Waals surface area contributed by atoms with Crippen LogP contribution in [0.4, 0.5) is 0 Å². The van der Waals surface area contributed by atoms with Crippen LogP contribution in [0, 0.1) is 0 Å². The van der Waals surface area contributed by atoms with E-state index in [0.29, 0.717) is 6.61 Å². The molecule has 0 bridgehead atoms. The molecule has 0 aromatic carbocycles. The van der Waals surface area contributed by atoms with Crippen molar-refractivity contribution in [3.8, 4) is 0 Å². The van der Waals surface area contributed by atoms with Gasteiger partial charge in [-0.1, -0.05) is 0 Å². The molecule has 0 unspecified atom stereocenters. The van der Waals surface area contributed by atoms with Crippen LogP contribution >= 0.6 is 0 Å². The number of esters is 1. The summed E-state index contributed by atoms with van der Waals surface area (Å²) in [6, 6.07) is 0. The van der Waals surface area contributed by atoms with Gasteiger partial charge in [-0.2, -0.15) is 0 Å². The standard InChI is InChI=1S/C11H22N2O3/c1-10(2)16-11(14)9-15-8-7-13-5-3-12-4-6-13/h10,12H,3-9H2,1-2H3. The largest absolute Gasteiger partial charge is 0.461 e. The number of hydrogen-bond donors (Lipinski definition) is 1. The van der Waals surface area contributed by atoms with Crippen molar-refractivity contribution in [2.24, 2.45) is 0 Å². The van der Waals surface area contributed by atoms with E-state index in [0.717, 1.165) is 32.7 Å². The van der Waals surface area contributed by atoms with Gasteiger partial charge in [0.15, 0.2) is 0 Å². The summed E-state index contributed by atoms with van der Waals surface area (Å²) in [7, 11) is 0. The lowest BCUT2D eigenvalue weighted by Gasteiger charge is -2.26. The van der Waals surface area contributed by atoms with Crippen molar-refractivity contribution in [1.82, 2.24) is 10.2 Å². The molecule has 94 valence electrons. The van der Waals surface area contributed by atoms with Crippen molar-refractivity contribution in [3.05, 3.63) is 0 Å². The van der Waals surface area contributed by atoms with Crippen LogP contribution in [-0.2, 0) is 14.3 Å². The maximum atomic E-state index is 11.1. The monoisotopic (exact) mass is 230 g/mol. The number of piperazine rings is 1. The average Bonchev–Trinajstić information content (AvgIpc) is 2.25. The summed E-state index contributed by atoms with van der Waals surface area (Å²) in [4.78, 5) is 13.5. The smallest absolute Gasteiger partial charge is 0.332 e. The molecule has 16 heavy (non-hydrogen) atoms. The Morgan fingerprint density at radius 3 is 2.69 bits per heavy atom. The first kappa shape index (κ1) is 13.4. The van der Waals surface area contributed by atoms with Crippen LogP contribution in [0.1, 0.15) is 13.8 Å². The van der Waals surface area contributed by atoms with Crippen LogP contribution in [0.5, 0.6) is 0 Å². The molecule has 0 radical (unpaired) electrons. The Hall–Kier alpha value is -0.650. The molecule has 1 saturated heterocycles. The quantitative estimate of drug-likeness (QED) is 0.508. The van der Waals surface area contributed by atoms with E-state index in [1.165, 1.54) is 0 Å². The van der Waals surface area contributed by atoms with E-state index < -0.39 is 0 Å². The van der Waals surface area contributed by atoms with Gasteiger partial charge >= 0.3 is 5.97 Å². The van der Waals surface area contributed by atoms with Gasteiger partial charge in [-0.25, -0.2) is 4.79 Å². The molecule has 0 aliphatic carbocycles. The summed E-state index contributed by atoms with van der Waals surface area (Å²) in [5, 5.41) is 3.29. The van der Waals surface area contributed by atoms with E-state index >= 15 is 0 Å². The van der Waals surface area contributed by atoms with Crippen molar-refractivity contribution in [2.45, 2.75) is 20.0 Å². The Morgan fingerprint density at radius 1 is 1.38 bits per heavy atom. The molecule has 0 aromatic heterocycles. The summed E-state index contributed by atoms with van der Waals surface area (Å²) in [5.41, 5.74) is 0. The second kappa shape index (κ2) is 7.60. The molecule has 0 aromatic rings. The minimum absolute atomic E-state index is 0.0598. The van der Waals surface area contributed by atoms with Gasteiger partial charge in [-0.3, -0.25) is 4.90 Å². The second-order valence-corrected chi connectivity index (χ2v) is 4.18. The number of nitrogens with one attached hydrogen (secondary N) is 1.